The van der Waals surface area contributed by atoms with Crippen molar-refractivity contribution in [3.05, 3.63) is 42.0 Å². The summed E-state index contributed by atoms with van der Waals surface area (Å²) in [5.74, 6) is 0.242. The molecule has 2 fully saturated rings. The highest BCUT2D eigenvalue weighted by Crippen LogP contribution is 2.41. The van der Waals surface area contributed by atoms with E-state index in [9.17, 15) is 9.59 Å². The van der Waals surface area contributed by atoms with Gasteiger partial charge in [-0.05, 0) is 25.3 Å². The fourth-order valence-corrected chi connectivity index (χ4v) is 3.85. The first-order valence-corrected chi connectivity index (χ1v) is 9.03. The fraction of sp³-hybridized carbons (Fsp3) is 0.500. The molecule has 2 amide bonds. The number of nitrogens with two attached hydrogens (primary N) is 1. The van der Waals surface area contributed by atoms with Crippen molar-refractivity contribution in [2.45, 2.75) is 32.2 Å². The Labute approximate surface area is 149 Å². The van der Waals surface area contributed by atoms with E-state index in [1.807, 2.05) is 28.0 Å². The number of hydrogen-bond donors (Lipinski definition) is 1. The summed E-state index contributed by atoms with van der Waals surface area (Å²) in [4.78, 5) is 28.2. The molecule has 5 nitrogen and oxygen atoms in total. The molecule has 2 saturated heterocycles. The lowest BCUT2D eigenvalue weighted by Crippen LogP contribution is -2.49. The minimum absolute atomic E-state index is 0.0156. The maximum atomic E-state index is 12.4. The third-order valence-corrected chi connectivity index (χ3v) is 5.37. The Morgan fingerprint density at radius 3 is 2.60 bits per heavy atom. The van der Waals surface area contributed by atoms with Gasteiger partial charge in [-0.3, -0.25) is 9.59 Å². The van der Waals surface area contributed by atoms with Gasteiger partial charge in [-0.2, -0.15) is 0 Å². The Bertz CT molecular complexity index is 646. The number of hydrogen-bond acceptors (Lipinski definition) is 3. The summed E-state index contributed by atoms with van der Waals surface area (Å²) < 4.78 is 0. The molecule has 1 spiro atoms. The second-order valence-corrected chi connectivity index (χ2v) is 7.38. The van der Waals surface area contributed by atoms with Gasteiger partial charge in [0.1, 0.15) is 0 Å². The topological polar surface area (TPSA) is 66.6 Å². The normalized spacial score (nSPS) is 21.3. The molecule has 1 aromatic carbocycles. The van der Waals surface area contributed by atoms with Crippen molar-refractivity contribution in [2.24, 2.45) is 11.1 Å². The molecule has 1 unspecified atom stereocenters. The van der Waals surface area contributed by atoms with E-state index in [0.29, 0.717) is 26.1 Å². The van der Waals surface area contributed by atoms with Crippen LogP contribution < -0.4 is 5.73 Å². The lowest BCUT2D eigenvalue weighted by atomic mass is 9.77. The van der Waals surface area contributed by atoms with E-state index in [2.05, 4.69) is 24.3 Å². The second kappa shape index (κ2) is 7.40. The van der Waals surface area contributed by atoms with E-state index in [0.717, 1.165) is 24.9 Å². The van der Waals surface area contributed by atoms with Crippen LogP contribution in [-0.4, -0.2) is 53.8 Å². The van der Waals surface area contributed by atoms with E-state index in [-0.39, 0.29) is 17.2 Å². The first kappa shape index (κ1) is 17.7. The number of nitrogens with zero attached hydrogens (tertiary/aromatic N) is 2. The smallest absolute Gasteiger partial charge is 0.239 e. The maximum absolute atomic E-state index is 12.4. The van der Waals surface area contributed by atoms with Crippen molar-refractivity contribution in [3.8, 4) is 0 Å². The number of piperidine rings is 1. The highest BCUT2D eigenvalue weighted by molar-refractivity contribution is 5.82. The van der Waals surface area contributed by atoms with Crippen LogP contribution in [0.2, 0.25) is 0 Å². The number of carbonyl (C=O) groups is 2. The molecule has 0 aromatic heterocycles. The van der Waals surface area contributed by atoms with Crippen molar-refractivity contribution in [2.75, 3.05) is 26.2 Å². The quantitative estimate of drug-likeness (QED) is 0.909. The van der Waals surface area contributed by atoms with Gasteiger partial charge in [0.2, 0.25) is 11.8 Å². The highest BCUT2D eigenvalue weighted by Gasteiger charge is 2.45. The standard InChI is InChI=1S/C20H27N3O2/c1-16(21)19(25)22-12-9-20(10-13-22)14-18(24)23(15-20)11-5-8-17-6-3-2-4-7-17/h2-8,16H,9-15,21H2,1H3. The van der Waals surface area contributed by atoms with Gasteiger partial charge in [0.25, 0.3) is 0 Å². The van der Waals surface area contributed by atoms with Crippen LogP contribution in [0.25, 0.3) is 6.08 Å². The molecular weight excluding hydrogens is 314 g/mol. The highest BCUT2D eigenvalue weighted by atomic mass is 16.2. The molecule has 0 aliphatic carbocycles. The predicted octanol–water partition coefficient (Wildman–Crippen LogP) is 1.89. The molecule has 2 heterocycles. The molecule has 3 rings (SSSR count). The molecule has 0 bridgehead atoms. The van der Waals surface area contributed by atoms with E-state index in [1.165, 1.54) is 0 Å². The van der Waals surface area contributed by atoms with Crippen molar-refractivity contribution in [1.29, 1.82) is 0 Å². The van der Waals surface area contributed by atoms with Gasteiger partial charge < -0.3 is 15.5 Å². The summed E-state index contributed by atoms with van der Waals surface area (Å²) in [5.41, 5.74) is 6.88. The van der Waals surface area contributed by atoms with Gasteiger partial charge >= 0.3 is 0 Å². The van der Waals surface area contributed by atoms with Crippen LogP contribution in [-0.2, 0) is 9.59 Å². The molecule has 2 aliphatic rings. The largest absolute Gasteiger partial charge is 0.341 e. The van der Waals surface area contributed by atoms with Crippen LogP contribution in [0.15, 0.2) is 36.4 Å². The molecule has 25 heavy (non-hydrogen) atoms. The molecule has 5 heteroatoms. The summed E-state index contributed by atoms with van der Waals surface area (Å²) in [6, 6.07) is 9.66. The fourth-order valence-electron chi connectivity index (χ4n) is 3.85. The van der Waals surface area contributed by atoms with Crippen molar-refractivity contribution in [3.63, 3.8) is 0 Å². The molecule has 1 aromatic rings. The lowest BCUT2D eigenvalue weighted by Gasteiger charge is -2.39. The van der Waals surface area contributed by atoms with Crippen molar-refractivity contribution in [1.82, 2.24) is 9.80 Å². The minimum atomic E-state index is -0.445. The molecular formula is C20H27N3O2. The minimum Gasteiger partial charge on any atom is -0.341 e. The summed E-state index contributed by atoms with van der Waals surface area (Å²) in [5, 5.41) is 0. The zero-order valence-corrected chi connectivity index (χ0v) is 14.9. The zero-order valence-electron chi connectivity index (χ0n) is 14.9. The summed E-state index contributed by atoms with van der Waals surface area (Å²) in [6.45, 7) is 4.60. The van der Waals surface area contributed by atoms with E-state index < -0.39 is 6.04 Å². The van der Waals surface area contributed by atoms with Gasteiger partial charge in [-0.15, -0.1) is 0 Å². The monoisotopic (exact) mass is 341 g/mol. The zero-order chi connectivity index (χ0) is 17.9. The summed E-state index contributed by atoms with van der Waals surface area (Å²) in [6.07, 6.45) is 6.49. The van der Waals surface area contributed by atoms with Crippen LogP contribution in [0.5, 0.6) is 0 Å². The Morgan fingerprint density at radius 2 is 1.96 bits per heavy atom. The van der Waals surface area contributed by atoms with E-state index in [4.69, 9.17) is 5.73 Å². The Kier molecular flexibility index (Phi) is 5.23. The molecule has 2 aliphatic heterocycles. The lowest BCUT2D eigenvalue weighted by molar-refractivity contribution is -0.134. The van der Waals surface area contributed by atoms with Crippen LogP contribution in [0.1, 0.15) is 31.7 Å². The van der Waals surface area contributed by atoms with Gasteiger partial charge in [-0.25, -0.2) is 0 Å². The third-order valence-electron chi connectivity index (χ3n) is 5.37. The first-order chi connectivity index (χ1) is 12.0. The summed E-state index contributed by atoms with van der Waals surface area (Å²) in [7, 11) is 0. The predicted molar refractivity (Wildman–Crippen MR) is 98.6 cm³/mol. The maximum Gasteiger partial charge on any atom is 0.239 e. The van der Waals surface area contributed by atoms with Crippen molar-refractivity contribution >= 4 is 17.9 Å². The molecule has 134 valence electrons. The average Bonchev–Trinajstić information content (AvgIpc) is 2.91. The van der Waals surface area contributed by atoms with E-state index >= 15 is 0 Å². The SMILES string of the molecule is CC(N)C(=O)N1CCC2(CC1)CC(=O)N(CC=Cc1ccccc1)C2. The molecule has 0 radical (unpaired) electrons. The van der Waals surface area contributed by atoms with Crippen LogP contribution >= 0.6 is 0 Å². The molecule has 1 atom stereocenters. The average molecular weight is 341 g/mol. The van der Waals surface area contributed by atoms with Gasteiger partial charge in [0, 0.05) is 38.0 Å². The molecule has 0 saturated carbocycles. The first-order valence-electron chi connectivity index (χ1n) is 9.03. The third kappa shape index (κ3) is 4.10. The number of rotatable bonds is 4. The Hall–Kier alpha value is -2.14. The number of carbonyl (C=O) groups excluding carboxylic acids is 2. The second-order valence-electron chi connectivity index (χ2n) is 7.38. The molecule has 2 N–H and O–H groups in total. The summed E-state index contributed by atoms with van der Waals surface area (Å²) >= 11 is 0. The van der Waals surface area contributed by atoms with Crippen LogP contribution in [0.3, 0.4) is 0 Å². The number of benzene rings is 1. The Balaban J connectivity index is 1.54. The van der Waals surface area contributed by atoms with Crippen molar-refractivity contribution < 1.29 is 9.59 Å². The van der Waals surface area contributed by atoms with Gasteiger partial charge in [-0.1, -0.05) is 42.5 Å². The van der Waals surface area contributed by atoms with Gasteiger partial charge in [0.05, 0.1) is 6.04 Å². The van der Waals surface area contributed by atoms with Crippen LogP contribution in [0.4, 0.5) is 0 Å². The van der Waals surface area contributed by atoms with Gasteiger partial charge in [0.15, 0.2) is 0 Å². The number of amides is 2. The van der Waals surface area contributed by atoms with E-state index in [1.54, 1.807) is 6.92 Å². The van der Waals surface area contributed by atoms with Crippen LogP contribution in [0, 0.1) is 5.41 Å². The number of likely N-dealkylation sites (tertiary alicyclic amines) is 2. The Morgan fingerprint density at radius 1 is 1.28 bits per heavy atom.